The second-order valence-corrected chi connectivity index (χ2v) is 7.38. The number of nitrogens with zero attached hydrogens (tertiary/aromatic N) is 2. The van der Waals surface area contributed by atoms with Crippen molar-refractivity contribution in [2.75, 3.05) is 26.2 Å². The van der Waals surface area contributed by atoms with Crippen LogP contribution in [-0.4, -0.2) is 58.7 Å². The molecule has 1 aromatic carbocycles. The standard InChI is InChI=1S/C22H30N2O5/c1-6-23(7-2)11-12-24-19(16-9-8-10-17(13-16)29-15(5)25)18(20(26)14(3)4)21(27)22(24)28/h8-10,13-14,19,27H,6-7,11-12H2,1-5H3. The predicted octanol–water partition coefficient (Wildman–Crippen LogP) is 2.87. The topological polar surface area (TPSA) is 87.2 Å². The summed E-state index contributed by atoms with van der Waals surface area (Å²) in [7, 11) is 0. The summed E-state index contributed by atoms with van der Waals surface area (Å²) in [6.07, 6.45) is 0. The minimum absolute atomic E-state index is 0.101. The molecule has 158 valence electrons. The Hall–Kier alpha value is -2.67. The summed E-state index contributed by atoms with van der Waals surface area (Å²) >= 11 is 0. The number of likely N-dealkylation sites (N-methyl/N-ethyl adjacent to an activating group) is 1. The molecular formula is C22H30N2O5. The molecule has 7 heteroatoms. The van der Waals surface area contributed by atoms with Crippen LogP contribution < -0.4 is 4.74 Å². The van der Waals surface area contributed by atoms with Crippen LogP contribution in [0.5, 0.6) is 5.75 Å². The highest BCUT2D eigenvalue weighted by atomic mass is 16.5. The SMILES string of the molecule is CCN(CC)CCN1C(=O)C(O)=C(C(=O)C(C)C)C1c1cccc(OC(C)=O)c1. The van der Waals surface area contributed by atoms with Gasteiger partial charge in [-0.2, -0.15) is 0 Å². The van der Waals surface area contributed by atoms with E-state index in [1.54, 1.807) is 38.1 Å². The lowest BCUT2D eigenvalue weighted by Crippen LogP contribution is -2.38. The van der Waals surface area contributed by atoms with Crippen LogP contribution in [0.15, 0.2) is 35.6 Å². The molecule has 0 fully saturated rings. The van der Waals surface area contributed by atoms with Crippen LogP contribution in [0.1, 0.15) is 46.2 Å². The molecule has 1 aromatic rings. The van der Waals surface area contributed by atoms with Gasteiger partial charge in [0.05, 0.1) is 11.6 Å². The van der Waals surface area contributed by atoms with E-state index < -0.39 is 23.7 Å². The first-order chi connectivity index (χ1) is 13.7. The van der Waals surface area contributed by atoms with Crippen molar-refractivity contribution in [1.82, 2.24) is 9.80 Å². The fourth-order valence-corrected chi connectivity index (χ4v) is 3.50. The molecule has 1 heterocycles. The van der Waals surface area contributed by atoms with Crippen molar-refractivity contribution in [1.29, 1.82) is 0 Å². The summed E-state index contributed by atoms with van der Waals surface area (Å²) in [6.45, 7) is 11.5. The number of esters is 1. The van der Waals surface area contributed by atoms with E-state index in [-0.39, 0.29) is 17.3 Å². The number of Topliss-reactive ketones (excluding diaryl/α,β-unsaturated/α-hetero) is 1. The number of amides is 1. The molecule has 1 N–H and O–H groups in total. The molecule has 1 aliphatic heterocycles. The van der Waals surface area contributed by atoms with Gasteiger partial charge < -0.3 is 19.6 Å². The van der Waals surface area contributed by atoms with E-state index in [0.29, 0.717) is 24.4 Å². The van der Waals surface area contributed by atoms with E-state index in [0.717, 1.165) is 13.1 Å². The van der Waals surface area contributed by atoms with E-state index in [1.165, 1.54) is 11.8 Å². The molecule has 7 nitrogen and oxygen atoms in total. The van der Waals surface area contributed by atoms with Crippen LogP contribution in [0.2, 0.25) is 0 Å². The van der Waals surface area contributed by atoms with E-state index in [1.807, 2.05) is 13.8 Å². The summed E-state index contributed by atoms with van der Waals surface area (Å²) in [6, 6.07) is 6.02. The van der Waals surface area contributed by atoms with Crippen molar-refractivity contribution in [3.63, 3.8) is 0 Å². The third kappa shape index (κ3) is 5.03. The lowest BCUT2D eigenvalue weighted by atomic mass is 9.91. The minimum Gasteiger partial charge on any atom is -0.503 e. The average Bonchev–Trinajstić information content (AvgIpc) is 2.92. The zero-order chi connectivity index (χ0) is 21.7. The molecule has 0 saturated heterocycles. The van der Waals surface area contributed by atoms with Gasteiger partial charge in [0.1, 0.15) is 5.75 Å². The van der Waals surface area contributed by atoms with E-state index >= 15 is 0 Å². The predicted molar refractivity (Wildman–Crippen MR) is 109 cm³/mol. The first kappa shape index (κ1) is 22.6. The van der Waals surface area contributed by atoms with Gasteiger partial charge in [-0.1, -0.05) is 39.8 Å². The molecule has 1 aliphatic rings. The van der Waals surface area contributed by atoms with Crippen LogP contribution in [0.4, 0.5) is 0 Å². The smallest absolute Gasteiger partial charge is 0.308 e. The van der Waals surface area contributed by atoms with Crippen molar-refractivity contribution in [2.24, 2.45) is 5.92 Å². The quantitative estimate of drug-likeness (QED) is 0.505. The molecule has 0 bridgehead atoms. The van der Waals surface area contributed by atoms with Crippen LogP contribution in [0, 0.1) is 5.92 Å². The Bertz CT molecular complexity index is 811. The number of carbonyl (C=O) groups is 3. The number of aliphatic hydroxyl groups is 1. The molecule has 0 aliphatic carbocycles. The summed E-state index contributed by atoms with van der Waals surface area (Å²) in [5.41, 5.74) is 0.717. The van der Waals surface area contributed by atoms with Crippen LogP contribution in [0.25, 0.3) is 0 Å². The minimum atomic E-state index is -0.719. The summed E-state index contributed by atoms with van der Waals surface area (Å²) < 4.78 is 5.17. The fourth-order valence-electron chi connectivity index (χ4n) is 3.50. The number of ether oxygens (including phenoxy) is 1. The van der Waals surface area contributed by atoms with Crippen LogP contribution in [0.3, 0.4) is 0 Å². The molecule has 0 aromatic heterocycles. The Morgan fingerprint density at radius 2 is 1.90 bits per heavy atom. The van der Waals surface area contributed by atoms with Crippen LogP contribution in [-0.2, 0) is 14.4 Å². The highest BCUT2D eigenvalue weighted by Gasteiger charge is 2.43. The van der Waals surface area contributed by atoms with Gasteiger partial charge in [-0.25, -0.2) is 0 Å². The molecule has 29 heavy (non-hydrogen) atoms. The number of hydrogen-bond acceptors (Lipinski definition) is 6. The van der Waals surface area contributed by atoms with Gasteiger partial charge in [0.25, 0.3) is 5.91 Å². The van der Waals surface area contributed by atoms with E-state index in [9.17, 15) is 19.5 Å². The Labute approximate surface area is 171 Å². The van der Waals surface area contributed by atoms with Gasteiger partial charge in [-0.05, 0) is 30.8 Å². The number of rotatable bonds is 9. The lowest BCUT2D eigenvalue weighted by molar-refractivity contribution is -0.132. The monoisotopic (exact) mass is 402 g/mol. The van der Waals surface area contributed by atoms with Gasteiger partial charge in [-0.3, -0.25) is 14.4 Å². The van der Waals surface area contributed by atoms with Crippen molar-refractivity contribution in [3.8, 4) is 5.75 Å². The molecular weight excluding hydrogens is 372 g/mol. The third-order valence-corrected chi connectivity index (χ3v) is 5.08. The number of carbonyl (C=O) groups excluding carboxylic acids is 3. The molecule has 1 atom stereocenters. The number of benzene rings is 1. The molecule has 2 rings (SSSR count). The van der Waals surface area contributed by atoms with Gasteiger partial charge in [-0.15, -0.1) is 0 Å². The molecule has 0 spiro atoms. The molecule has 1 amide bonds. The Kier molecular flexibility index (Phi) is 7.56. The number of aliphatic hydroxyl groups excluding tert-OH is 1. The van der Waals surface area contributed by atoms with Gasteiger partial charge in [0, 0.05) is 25.9 Å². The zero-order valence-corrected chi connectivity index (χ0v) is 17.8. The zero-order valence-electron chi connectivity index (χ0n) is 17.8. The van der Waals surface area contributed by atoms with Gasteiger partial charge >= 0.3 is 5.97 Å². The normalized spacial score (nSPS) is 16.9. The maximum Gasteiger partial charge on any atom is 0.308 e. The second-order valence-electron chi connectivity index (χ2n) is 7.38. The molecule has 0 radical (unpaired) electrons. The van der Waals surface area contributed by atoms with Gasteiger partial charge in [0.15, 0.2) is 11.5 Å². The fraction of sp³-hybridized carbons (Fsp3) is 0.500. The molecule has 1 unspecified atom stereocenters. The Morgan fingerprint density at radius 1 is 1.24 bits per heavy atom. The maximum absolute atomic E-state index is 12.9. The van der Waals surface area contributed by atoms with E-state index in [4.69, 9.17) is 4.74 Å². The highest BCUT2D eigenvalue weighted by molar-refractivity contribution is 6.09. The molecule has 0 saturated carbocycles. The van der Waals surface area contributed by atoms with Crippen molar-refractivity contribution < 1.29 is 24.2 Å². The van der Waals surface area contributed by atoms with Crippen LogP contribution >= 0.6 is 0 Å². The summed E-state index contributed by atoms with van der Waals surface area (Å²) in [5, 5.41) is 10.5. The second kappa shape index (κ2) is 9.69. The van der Waals surface area contributed by atoms with Gasteiger partial charge in [0.2, 0.25) is 0 Å². The first-order valence-corrected chi connectivity index (χ1v) is 10.00. The van der Waals surface area contributed by atoms with Crippen molar-refractivity contribution >= 4 is 17.7 Å². The van der Waals surface area contributed by atoms with Crippen molar-refractivity contribution in [2.45, 2.75) is 40.7 Å². The number of ketones is 1. The van der Waals surface area contributed by atoms with E-state index in [2.05, 4.69) is 4.90 Å². The summed E-state index contributed by atoms with van der Waals surface area (Å²) in [4.78, 5) is 40.7. The first-order valence-electron chi connectivity index (χ1n) is 10.00. The maximum atomic E-state index is 12.9. The Morgan fingerprint density at radius 3 is 2.45 bits per heavy atom. The lowest BCUT2D eigenvalue weighted by Gasteiger charge is -2.29. The summed E-state index contributed by atoms with van der Waals surface area (Å²) in [5.74, 6) is -1.82. The average molecular weight is 402 g/mol. The Balaban J connectivity index is 2.47. The highest BCUT2D eigenvalue weighted by Crippen LogP contribution is 2.39. The van der Waals surface area contributed by atoms with Crippen molar-refractivity contribution in [3.05, 3.63) is 41.2 Å². The third-order valence-electron chi connectivity index (χ3n) is 5.08. The largest absolute Gasteiger partial charge is 0.503 e. The number of hydrogen-bond donors (Lipinski definition) is 1.